The van der Waals surface area contributed by atoms with Crippen molar-refractivity contribution >= 4 is 5.97 Å². The molecule has 0 amide bonds. The Morgan fingerprint density at radius 3 is 2.32 bits per heavy atom. The predicted molar refractivity (Wildman–Crippen MR) is 122 cm³/mol. The second-order valence-corrected chi connectivity index (χ2v) is 12.6. The monoisotopic (exact) mass is 434 g/mol. The molecule has 0 spiro atoms. The number of carboxylic acids is 1. The largest absolute Gasteiger partial charge is 0.481 e. The van der Waals surface area contributed by atoms with E-state index >= 15 is 0 Å². The maximum absolute atomic E-state index is 11.3. The van der Waals surface area contributed by atoms with Crippen molar-refractivity contribution in [3.8, 4) is 0 Å². The Hall–Kier alpha value is -0.610. The zero-order valence-electron chi connectivity index (χ0n) is 20.2. The third kappa shape index (κ3) is 3.98. The van der Waals surface area contributed by atoms with Gasteiger partial charge in [-0.15, -0.1) is 0 Å². The van der Waals surface area contributed by atoms with Crippen molar-refractivity contribution in [1.82, 2.24) is 0 Å². The highest BCUT2D eigenvalue weighted by atomic mass is 16.4. The molecule has 0 aliphatic heterocycles. The highest BCUT2D eigenvalue weighted by molar-refractivity contribution is 5.69. The van der Waals surface area contributed by atoms with Crippen LogP contribution >= 0.6 is 0 Å². The molecular weight excluding hydrogens is 388 g/mol. The summed E-state index contributed by atoms with van der Waals surface area (Å²) in [4.78, 5) is 11.1. The van der Waals surface area contributed by atoms with Gasteiger partial charge in [0.2, 0.25) is 0 Å². The van der Waals surface area contributed by atoms with Gasteiger partial charge >= 0.3 is 5.97 Å². The molecule has 4 nitrogen and oxygen atoms in total. The Balaban J connectivity index is 1.46. The molecule has 0 bridgehead atoms. The van der Waals surface area contributed by atoms with Crippen LogP contribution < -0.4 is 0 Å². The smallest absolute Gasteiger partial charge is 0.306 e. The summed E-state index contributed by atoms with van der Waals surface area (Å²) < 4.78 is 0. The second kappa shape index (κ2) is 8.63. The molecule has 0 radical (unpaired) electrons. The molecule has 4 saturated carbocycles. The third-order valence-electron chi connectivity index (χ3n) is 11.1. The van der Waals surface area contributed by atoms with Crippen LogP contribution in [0.4, 0.5) is 0 Å². The molecule has 0 aromatic rings. The number of hydrogen-bond donors (Lipinski definition) is 3. The van der Waals surface area contributed by atoms with Crippen molar-refractivity contribution in [2.45, 2.75) is 111 Å². The third-order valence-corrected chi connectivity index (χ3v) is 11.1. The molecule has 0 aromatic carbocycles. The van der Waals surface area contributed by atoms with Gasteiger partial charge in [-0.05, 0) is 104 Å². The van der Waals surface area contributed by atoms with E-state index < -0.39 is 5.97 Å². The Bertz CT molecular complexity index is 664. The van der Waals surface area contributed by atoms with E-state index in [2.05, 4.69) is 20.8 Å². The van der Waals surface area contributed by atoms with Crippen molar-refractivity contribution in [3.05, 3.63) is 0 Å². The van der Waals surface area contributed by atoms with E-state index in [0.29, 0.717) is 46.3 Å². The van der Waals surface area contributed by atoms with E-state index in [9.17, 15) is 15.0 Å². The lowest BCUT2D eigenvalue weighted by Crippen LogP contribution is -2.58. The Kier molecular flexibility index (Phi) is 6.55. The van der Waals surface area contributed by atoms with E-state index in [4.69, 9.17) is 5.11 Å². The normalized spacial score (nSPS) is 48.9. The zero-order chi connectivity index (χ0) is 22.6. The second-order valence-electron chi connectivity index (χ2n) is 12.6. The molecule has 31 heavy (non-hydrogen) atoms. The number of carbonyl (C=O) groups is 1. The predicted octanol–water partition coefficient (Wildman–Crippen LogP) is 5.50. The SMILES string of the molecule is C[C@H](CCC[C@H](C)[C@H]1CC[C@H]2[C@@H]3[C@@H](O)C[C@H]4C[C@H](O)CC[C@]4(C)[C@H]3CC[C@]12C)C(=O)O. The van der Waals surface area contributed by atoms with Gasteiger partial charge in [-0.2, -0.15) is 0 Å². The van der Waals surface area contributed by atoms with Crippen LogP contribution in [0.15, 0.2) is 0 Å². The molecule has 0 aromatic heterocycles. The van der Waals surface area contributed by atoms with E-state index in [1.807, 2.05) is 6.92 Å². The number of hydrogen-bond acceptors (Lipinski definition) is 3. The number of aliphatic hydroxyl groups excluding tert-OH is 2. The van der Waals surface area contributed by atoms with Crippen LogP contribution in [0.25, 0.3) is 0 Å². The highest BCUT2D eigenvalue weighted by Crippen LogP contribution is 2.68. The molecule has 0 heterocycles. The van der Waals surface area contributed by atoms with Crippen molar-refractivity contribution < 1.29 is 20.1 Å². The molecule has 0 unspecified atom stereocenters. The molecule has 4 aliphatic rings. The zero-order valence-corrected chi connectivity index (χ0v) is 20.2. The van der Waals surface area contributed by atoms with Crippen LogP contribution in [0.3, 0.4) is 0 Å². The quantitative estimate of drug-likeness (QED) is 0.515. The fourth-order valence-corrected chi connectivity index (χ4v) is 9.25. The fourth-order valence-electron chi connectivity index (χ4n) is 9.25. The first-order valence-electron chi connectivity index (χ1n) is 13.2. The molecular formula is C27H46O4. The van der Waals surface area contributed by atoms with E-state index in [1.54, 1.807) is 0 Å². The summed E-state index contributed by atoms with van der Waals surface area (Å²) in [6.07, 6.45) is 11.4. The average molecular weight is 435 g/mol. The number of carboxylic acid groups (broad SMARTS) is 1. The first kappa shape index (κ1) is 23.5. The number of aliphatic hydroxyl groups is 2. The summed E-state index contributed by atoms with van der Waals surface area (Å²) in [7, 11) is 0. The van der Waals surface area contributed by atoms with Gasteiger partial charge in [0.15, 0.2) is 0 Å². The van der Waals surface area contributed by atoms with Gasteiger partial charge in [-0.1, -0.05) is 40.5 Å². The maximum Gasteiger partial charge on any atom is 0.306 e. The summed E-state index contributed by atoms with van der Waals surface area (Å²) in [6.45, 7) is 9.22. The molecule has 3 N–H and O–H groups in total. The van der Waals surface area contributed by atoms with E-state index in [0.717, 1.165) is 44.9 Å². The first-order chi connectivity index (χ1) is 14.6. The van der Waals surface area contributed by atoms with Crippen LogP contribution in [-0.2, 0) is 4.79 Å². The summed E-state index contributed by atoms with van der Waals surface area (Å²) in [5.74, 6) is 2.55. The van der Waals surface area contributed by atoms with Crippen LogP contribution in [0.2, 0.25) is 0 Å². The van der Waals surface area contributed by atoms with Gasteiger partial charge in [0, 0.05) is 0 Å². The lowest BCUT2D eigenvalue weighted by molar-refractivity contribution is -0.174. The van der Waals surface area contributed by atoms with Gasteiger partial charge in [-0.25, -0.2) is 0 Å². The summed E-state index contributed by atoms with van der Waals surface area (Å²) in [5, 5.41) is 30.8. The Morgan fingerprint density at radius 2 is 1.61 bits per heavy atom. The Morgan fingerprint density at radius 1 is 0.935 bits per heavy atom. The van der Waals surface area contributed by atoms with Gasteiger partial charge in [0.05, 0.1) is 18.1 Å². The van der Waals surface area contributed by atoms with Gasteiger partial charge in [0.25, 0.3) is 0 Å². The number of fused-ring (bicyclic) bond motifs is 5. The molecule has 178 valence electrons. The lowest BCUT2D eigenvalue weighted by atomic mass is 9.43. The van der Waals surface area contributed by atoms with Crippen molar-refractivity contribution in [2.24, 2.45) is 52.3 Å². The fraction of sp³-hybridized carbons (Fsp3) is 0.963. The van der Waals surface area contributed by atoms with Gasteiger partial charge < -0.3 is 15.3 Å². The van der Waals surface area contributed by atoms with Gasteiger partial charge in [0.1, 0.15) is 0 Å². The molecule has 0 saturated heterocycles. The minimum absolute atomic E-state index is 0.170. The summed E-state index contributed by atoms with van der Waals surface area (Å²) in [5.41, 5.74) is 0.610. The molecule has 4 aliphatic carbocycles. The summed E-state index contributed by atoms with van der Waals surface area (Å²) in [6, 6.07) is 0. The molecule has 11 atom stereocenters. The summed E-state index contributed by atoms with van der Waals surface area (Å²) >= 11 is 0. The van der Waals surface area contributed by atoms with Crippen LogP contribution in [0, 0.1) is 52.3 Å². The van der Waals surface area contributed by atoms with Crippen molar-refractivity contribution in [3.63, 3.8) is 0 Å². The van der Waals surface area contributed by atoms with E-state index in [1.165, 1.54) is 25.7 Å². The average Bonchev–Trinajstić information content (AvgIpc) is 3.06. The first-order valence-corrected chi connectivity index (χ1v) is 13.2. The molecule has 4 fully saturated rings. The standard InChI is InChI=1S/C27H46O4/c1-16(6-5-7-17(2)25(30)31)20-8-9-21-24-22(11-13-27(20,21)4)26(3)12-10-19(28)14-18(26)15-23(24)29/h16-24,28-29H,5-15H2,1-4H3,(H,30,31)/t16-,17+,18+,19+,20+,21-,22-,23-,24-,26-,27+/m0/s1. The lowest BCUT2D eigenvalue weighted by Gasteiger charge is -2.62. The minimum Gasteiger partial charge on any atom is -0.481 e. The van der Waals surface area contributed by atoms with Crippen LogP contribution in [-0.4, -0.2) is 33.5 Å². The van der Waals surface area contributed by atoms with E-state index in [-0.39, 0.29) is 18.1 Å². The highest BCUT2D eigenvalue weighted by Gasteiger charge is 2.62. The van der Waals surface area contributed by atoms with Crippen molar-refractivity contribution in [2.75, 3.05) is 0 Å². The van der Waals surface area contributed by atoms with Crippen molar-refractivity contribution in [1.29, 1.82) is 0 Å². The van der Waals surface area contributed by atoms with Crippen LogP contribution in [0.1, 0.15) is 98.3 Å². The van der Waals surface area contributed by atoms with Gasteiger partial charge in [-0.3, -0.25) is 4.79 Å². The van der Waals surface area contributed by atoms with Crippen LogP contribution in [0.5, 0.6) is 0 Å². The number of rotatable bonds is 6. The maximum atomic E-state index is 11.3. The Labute approximate surface area is 189 Å². The molecule has 4 heteroatoms. The number of aliphatic carboxylic acids is 1. The molecule has 4 rings (SSSR count). The minimum atomic E-state index is -0.674. The topological polar surface area (TPSA) is 77.8 Å².